The fourth-order valence-corrected chi connectivity index (χ4v) is 3.85. The molecule has 11 nitrogen and oxygen atoms in total. The number of carbonyl (C=O) groups is 6. The molecule has 0 heterocycles. The molecule has 0 spiro atoms. The van der Waals surface area contributed by atoms with E-state index in [9.17, 15) is 28.8 Å². The Morgan fingerprint density at radius 1 is 0.889 bits per heavy atom. The summed E-state index contributed by atoms with van der Waals surface area (Å²) >= 11 is 5.79. The number of amides is 2. The van der Waals surface area contributed by atoms with Crippen LogP contribution in [0, 0.1) is 20.8 Å². The molecule has 2 N–H and O–H groups in total. The van der Waals surface area contributed by atoms with Gasteiger partial charge >= 0.3 is 17.9 Å². The summed E-state index contributed by atoms with van der Waals surface area (Å²) < 4.78 is 15.0. The van der Waals surface area contributed by atoms with Gasteiger partial charge in [-0.2, -0.15) is 0 Å². The summed E-state index contributed by atoms with van der Waals surface area (Å²) in [7, 11) is 0. The van der Waals surface area contributed by atoms with Gasteiger partial charge in [-0.25, -0.2) is 0 Å². The van der Waals surface area contributed by atoms with E-state index >= 15 is 0 Å². The molecule has 0 aliphatic rings. The molecule has 0 aliphatic heterocycles. The lowest BCUT2D eigenvalue weighted by atomic mass is 9.91. The summed E-state index contributed by atoms with van der Waals surface area (Å²) in [5.41, 5.74) is 1.01. The van der Waals surface area contributed by atoms with E-state index in [1.165, 1.54) is 13.0 Å². The largest absolute Gasteiger partial charge is 0.462 e. The van der Waals surface area contributed by atoms with E-state index in [0.29, 0.717) is 11.1 Å². The zero-order valence-electron chi connectivity index (χ0n) is 20.9. The van der Waals surface area contributed by atoms with Crippen LogP contribution < -0.4 is 10.6 Å². The highest BCUT2D eigenvalue weighted by atomic mass is 35.5. The Hall–Kier alpha value is -3.73. The van der Waals surface area contributed by atoms with Crippen molar-refractivity contribution in [2.75, 3.05) is 18.5 Å². The van der Waals surface area contributed by atoms with E-state index in [1.54, 1.807) is 13.8 Å². The number of halogens is 1. The molecule has 1 aromatic carbocycles. The van der Waals surface area contributed by atoms with Crippen molar-refractivity contribution in [3.05, 3.63) is 40.5 Å². The third-order valence-electron chi connectivity index (χ3n) is 4.99. The number of benzene rings is 1. The van der Waals surface area contributed by atoms with Crippen molar-refractivity contribution in [1.82, 2.24) is 5.32 Å². The molecule has 0 bridgehead atoms. The topological polar surface area (TPSA) is 154 Å². The minimum absolute atomic E-state index is 0.00167. The maximum Gasteiger partial charge on any atom is 0.303 e. The molecule has 2 atom stereocenters. The van der Waals surface area contributed by atoms with Crippen LogP contribution in [0.1, 0.15) is 58.2 Å². The highest BCUT2D eigenvalue weighted by molar-refractivity contribution is 6.68. The molecule has 0 fully saturated rings. The standard InChI is InChI=1S/C24H29ClN2O9/c1-8-9-26-23(32)19-11(2)18(22(25)31)12(3)20(13(19)4)27-24(33)21(36-16(7)30)17(35-15(6)29)10-34-14(5)28/h8,17,21H,1,9-10H2,2-7H3,(H,26,32)(H,27,33). The van der Waals surface area contributed by atoms with Gasteiger partial charge in [0.05, 0.1) is 0 Å². The van der Waals surface area contributed by atoms with Gasteiger partial charge in [0.2, 0.25) is 6.10 Å². The van der Waals surface area contributed by atoms with Crippen LogP contribution in [0.15, 0.2) is 12.7 Å². The maximum absolute atomic E-state index is 13.3. The Morgan fingerprint density at radius 2 is 1.44 bits per heavy atom. The minimum atomic E-state index is -1.74. The van der Waals surface area contributed by atoms with Crippen molar-refractivity contribution in [1.29, 1.82) is 0 Å². The molecule has 1 aromatic rings. The molecule has 2 unspecified atom stereocenters. The van der Waals surface area contributed by atoms with Crippen LogP contribution in [0.25, 0.3) is 0 Å². The average molecular weight is 525 g/mol. The van der Waals surface area contributed by atoms with Crippen molar-refractivity contribution in [2.45, 2.75) is 53.8 Å². The molecule has 1 rings (SSSR count). The van der Waals surface area contributed by atoms with Gasteiger partial charge in [0, 0.05) is 44.1 Å². The van der Waals surface area contributed by atoms with Crippen molar-refractivity contribution in [3.8, 4) is 0 Å². The second kappa shape index (κ2) is 13.4. The maximum atomic E-state index is 13.3. The van der Waals surface area contributed by atoms with Crippen molar-refractivity contribution < 1.29 is 43.0 Å². The zero-order valence-corrected chi connectivity index (χ0v) is 21.7. The molecule has 0 saturated carbocycles. The SMILES string of the molecule is C=CCNC(=O)c1c(C)c(NC(=O)C(OC(C)=O)C(COC(C)=O)OC(C)=O)c(C)c(C(=O)Cl)c1C. The summed E-state index contributed by atoms with van der Waals surface area (Å²) in [6.45, 7) is 10.9. The molecule has 196 valence electrons. The summed E-state index contributed by atoms with van der Waals surface area (Å²) in [4.78, 5) is 72.9. The normalized spacial score (nSPS) is 12.0. The van der Waals surface area contributed by atoms with Crippen LogP contribution >= 0.6 is 11.6 Å². The van der Waals surface area contributed by atoms with E-state index in [-0.39, 0.29) is 28.9 Å². The lowest BCUT2D eigenvalue weighted by Crippen LogP contribution is -2.46. The second-order valence-electron chi connectivity index (χ2n) is 7.74. The first kappa shape index (κ1) is 30.3. The van der Waals surface area contributed by atoms with E-state index in [0.717, 1.165) is 20.8 Å². The number of carbonyl (C=O) groups excluding carboxylic acids is 6. The summed E-state index contributed by atoms with van der Waals surface area (Å²) in [5, 5.41) is 4.29. The van der Waals surface area contributed by atoms with Gasteiger partial charge in [-0.05, 0) is 49.1 Å². The summed E-state index contributed by atoms with van der Waals surface area (Å²) in [6.07, 6.45) is -1.75. The van der Waals surface area contributed by atoms with Crippen molar-refractivity contribution in [3.63, 3.8) is 0 Å². The number of esters is 3. The van der Waals surface area contributed by atoms with Gasteiger partial charge in [0.15, 0.2) is 6.10 Å². The van der Waals surface area contributed by atoms with Gasteiger partial charge in [-0.15, -0.1) is 6.58 Å². The van der Waals surface area contributed by atoms with Crippen LogP contribution in [0.5, 0.6) is 0 Å². The second-order valence-corrected chi connectivity index (χ2v) is 8.09. The first-order valence-electron chi connectivity index (χ1n) is 10.7. The molecule has 12 heteroatoms. The predicted molar refractivity (Wildman–Crippen MR) is 130 cm³/mol. The van der Waals surface area contributed by atoms with E-state index in [2.05, 4.69) is 17.2 Å². The van der Waals surface area contributed by atoms with E-state index in [1.807, 2.05) is 0 Å². The minimum Gasteiger partial charge on any atom is -0.462 e. The average Bonchev–Trinajstić information content (AvgIpc) is 2.75. The molecule has 0 aliphatic carbocycles. The van der Waals surface area contributed by atoms with E-state index < -0.39 is 53.8 Å². The predicted octanol–water partition coefficient (Wildman–Crippen LogP) is 2.27. The molecule has 0 saturated heterocycles. The number of hydrogen-bond acceptors (Lipinski definition) is 9. The van der Waals surface area contributed by atoms with Gasteiger partial charge < -0.3 is 24.8 Å². The summed E-state index contributed by atoms with van der Waals surface area (Å²) in [5.74, 6) is -3.93. The van der Waals surface area contributed by atoms with Crippen LogP contribution in [0.4, 0.5) is 5.69 Å². The highest BCUT2D eigenvalue weighted by Gasteiger charge is 2.36. The van der Waals surface area contributed by atoms with Crippen molar-refractivity contribution in [2.24, 2.45) is 0 Å². The number of hydrogen-bond donors (Lipinski definition) is 2. The Labute approximate surface area is 213 Å². The van der Waals surface area contributed by atoms with E-state index in [4.69, 9.17) is 25.8 Å². The van der Waals surface area contributed by atoms with Gasteiger partial charge in [-0.3, -0.25) is 28.8 Å². The number of ether oxygens (including phenoxy) is 3. The summed E-state index contributed by atoms with van der Waals surface area (Å²) in [6, 6.07) is 0. The molecule has 2 amide bonds. The third kappa shape index (κ3) is 7.91. The molecule has 36 heavy (non-hydrogen) atoms. The Bertz CT molecular complexity index is 1100. The Balaban J connectivity index is 3.63. The molecular formula is C24H29ClN2O9. The first-order chi connectivity index (χ1) is 16.7. The monoisotopic (exact) mass is 524 g/mol. The quantitative estimate of drug-likeness (QED) is 0.192. The number of rotatable bonds is 11. The van der Waals surface area contributed by atoms with Crippen molar-refractivity contribution >= 4 is 52.3 Å². The smallest absolute Gasteiger partial charge is 0.303 e. The zero-order chi connectivity index (χ0) is 27.7. The molecular weight excluding hydrogens is 496 g/mol. The fourth-order valence-electron chi connectivity index (χ4n) is 3.56. The van der Waals surface area contributed by atoms with Gasteiger partial charge in [0.1, 0.15) is 6.61 Å². The highest BCUT2D eigenvalue weighted by Crippen LogP contribution is 2.33. The lowest BCUT2D eigenvalue weighted by Gasteiger charge is -2.26. The number of anilines is 1. The first-order valence-corrected chi connectivity index (χ1v) is 11.1. The molecule has 0 aromatic heterocycles. The Morgan fingerprint density at radius 3 is 1.92 bits per heavy atom. The Kier molecular flexibility index (Phi) is 11.3. The third-order valence-corrected chi connectivity index (χ3v) is 5.17. The van der Waals surface area contributed by atoms with Crippen LogP contribution in [-0.2, 0) is 33.4 Å². The van der Waals surface area contributed by atoms with Crippen LogP contribution in [0.2, 0.25) is 0 Å². The number of nitrogens with one attached hydrogen (secondary N) is 2. The van der Waals surface area contributed by atoms with Crippen LogP contribution in [0.3, 0.4) is 0 Å². The molecule has 0 radical (unpaired) electrons. The van der Waals surface area contributed by atoms with Gasteiger partial charge in [0.25, 0.3) is 17.1 Å². The van der Waals surface area contributed by atoms with Crippen LogP contribution in [-0.4, -0.2) is 60.3 Å². The fraction of sp³-hybridized carbons (Fsp3) is 0.417. The lowest BCUT2D eigenvalue weighted by molar-refractivity contribution is -0.175. The van der Waals surface area contributed by atoms with Gasteiger partial charge in [-0.1, -0.05) is 6.08 Å².